The molecule has 146 valence electrons. The molecule has 0 spiro atoms. The Labute approximate surface area is 176 Å². The summed E-state index contributed by atoms with van der Waals surface area (Å²) in [5.74, 6) is 2.30. The molecule has 0 aliphatic heterocycles. The Morgan fingerprint density at radius 3 is 2.66 bits per heavy atom. The molecule has 29 heavy (non-hydrogen) atoms. The minimum atomic E-state index is 0.573. The minimum Gasteiger partial charge on any atom is -0.399 e. The predicted molar refractivity (Wildman–Crippen MR) is 123 cm³/mol. The van der Waals surface area contributed by atoms with Crippen molar-refractivity contribution in [3.8, 4) is 0 Å². The van der Waals surface area contributed by atoms with Crippen LogP contribution in [0.4, 0.5) is 11.5 Å². The number of nitrogens with zero attached hydrogens (tertiary/aromatic N) is 1. The van der Waals surface area contributed by atoms with E-state index in [0.29, 0.717) is 5.92 Å². The molecule has 3 nitrogen and oxygen atoms in total. The summed E-state index contributed by atoms with van der Waals surface area (Å²) in [7, 11) is 0. The highest BCUT2D eigenvalue weighted by atomic mass is 32.2. The largest absolute Gasteiger partial charge is 0.399 e. The molecule has 1 atom stereocenters. The van der Waals surface area contributed by atoms with Crippen LogP contribution in [0, 0.1) is 11.8 Å². The minimum absolute atomic E-state index is 0.573. The zero-order valence-corrected chi connectivity index (χ0v) is 17.4. The summed E-state index contributed by atoms with van der Waals surface area (Å²) in [6.07, 6.45) is 8.59. The molecule has 2 aliphatic carbocycles. The number of fused-ring (bicyclic) bond motifs is 1. The summed E-state index contributed by atoms with van der Waals surface area (Å²) >= 11 is 1.66. The Morgan fingerprint density at radius 2 is 1.90 bits per heavy atom. The quantitative estimate of drug-likeness (QED) is 0.456. The molecule has 1 aromatic heterocycles. The first-order valence-electron chi connectivity index (χ1n) is 10.3. The Balaban J connectivity index is 1.48. The number of nitrogen functional groups attached to an aromatic ring is 1. The van der Waals surface area contributed by atoms with Crippen molar-refractivity contribution in [1.29, 1.82) is 0 Å². The first kappa shape index (κ1) is 18.3. The van der Waals surface area contributed by atoms with Gasteiger partial charge in [-0.15, -0.1) is 0 Å². The van der Waals surface area contributed by atoms with E-state index in [4.69, 9.17) is 10.7 Å². The van der Waals surface area contributed by atoms with Gasteiger partial charge in [0.05, 0.1) is 0 Å². The number of pyridine rings is 1. The van der Waals surface area contributed by atoms with Crippen LogP contribution < -0.4 is 11.1 Å². The van der Waals surface area contributed by atoms with Crippen molar-refractivity contribution in [2.24, 2.45) is 11.8 Å². The van der Waals surface area contributed by atoms with E-state index in [0.717, 1.165) is 39.2 Å². The number of anilines is 2. The molecular formula is C25H25N3S. The summed E-state index contributed by atoms with van der Waals surface area (Å²) in [6, 6.07) is 18.5. The van der Waals surface area contributed by atoms with Crippen LogP contribution in [0.5, 0.6) is 0 Å². The summed E-state index contributed by atoms with van der Waals surface area (Å²) in [4.78, 5) is 6.10. The molecule has 4 heteroatoms. The zero-order chi connectivity index (χ0) is 19.8. The average Bonchev–Trinajstić information content (AvgIpc) is 3.50. The second kappa shape index (κ2) is 7.60. The normalized spacial score (nSPS) is 18.6. The Morgan fingerprint density at radius 1 is 1.10 bits per heavy atom. The van der Waals surface area contributed by atoms with Crippen molar-refractivity contribution in [1.82, 2.24) is 4.98 Å². The van der Waals surface area contributed by atoms with Crippen molar-refractivity contribution in [3.63, 3.8) is 0 Å². The third-order valence-electron chi connectivity index (χ3n) is 5.70. The Hall–Kier alpha value is -2.72. The van der Waals surface area contributed by atoms with Crippen LogP contribution in [-0.4, -0.2) is 4.98 Å². The zero-order valence-electron chi connectivity index (χ0n) is 16.6. The molecule has 0 saturated heterocycles. The van der Waals surface area contributed by atoms with Crippen LogP contribution in [0.15, 0.2) is 87.9 Å². The van der Waals surface area contributed by atoms with Crippen molar-refractivity contribution in [2.45, 2.75) is 36.1 Å². The van der Waals surface area contributed by atoms with Gasteiger partial charge in [0.15, 0.2) is 0 Å². The second-order valence-electron chi connectivity index (χ2n) is 7.88. The summed E-state index contributed by atoms with van der Waals surface area (Å²) < 4.78 is 0. The smallest absolute Gasteiger partial charge is 0.139 e. The third kappa shape index (κ3) is 3.90. The highest BCUT2D eigenvalue weighted by Gasteiger charge is 2.32. The van der Waals surface area contributed by atoms with Gasteiger partial charge in [-0.2, -0.15) is 0 Å². The molecular weight excluding hydrogens is 374 g/mol. The number of aromatic nitrogens is 1. The lowest BCUT2D eigenvalue weighted by atomic mass is 9.96. The molecule has 3 aromatic rings. The van der Waals surface area contributed by atoms with E-state index in [9.17, 15) is 0 Å². The van der Waals surface area contributed by atoms with Crippen LogP contribution in [-0.2, 0) is 0 Å². The van der Waals surface area contributed by atoms with Gasteiger partial charge in [-0.05, 0) is 67.0 Å². The third-order valence-corrected chi connectivity index (χ3v) is 6.63. The molecule has 2 aromatic carbocycles. The SMILES string of the molecule is CCC1C=C(Nc2nc(Sc3ccc(N)cc3)cc3ccccc23)C=C1C1CC1. The number of benzene rings is 2. The number of allylic oxidation sites excluding steroid dienone is 3. The maximum absolute atomic E-state index is 5.82. The van der Waals surface area contributed by atoms with Gasteiger partial charge in [0, 0.05) is 27.6 Å². The molecule has 0 bridgehead atoms. The Bertz CT molecular complexity index is 1110. The van der Waals surface area contributed by atoms with Crippen molar-refractivity contribution >= 4 is 34.0 Å². The highest BCUT2D eigenvalue weighted by Crippen LogP contribution is 2.45. The van der Waals surface area contributed by atoms with E-state index in [1.165, 1.54) is 23.9 Å². The molecule has 0 amide bonds. The maximum Gasteiger partial charge on any atom is 0.139 e. The lowest BCUT2D eigenvalue weighted by Crippen LogP contribution is -2.00. The van der Waals surface area contributed by atoms with Crippen molar-refractivity contribution in [2.75, 3.05) is 11.1 Å². The van der Waals surface area contributed by atoms with Gasteiger partial charge in [0.2, 0.25) is 0 Å². The Kier molecular flexibility index (Phi) is 4.80. The van der Waals surface area contributed by atoms with Gasteiger partial charge in [-0.1, -0.05) is 54.6 Å². The fraction of sp³-hybridized carbons (Fsp3) is 0.240. The van der Waals surface area contributed by atoms with Crippen LogP contribution in [0.2, 0.25) is 0 Å². The maximum atomic E-state index is 5.82. The molecule has 0 radical (unpaired) electrons. The van der Waals surface area contributed by atoms with Gasteiger partial charge in [-0.25, -0.2) is 4.98 Å². The van der Waals surface area contributed by atoms with Crippen LogP contribution >= 0.6 is 11.8 Å². The van der Waals surface area contributed by atoms with Crippen LogP contribution in [0.1, 0.15) is 26.2 Å². The van der Waals surface area contributed by atoms with Crippen LogP contribution in [0.3, 0.4) is 0 Å². The number of hydrogen-bond donors (Lipinski definition) is 2. The highest BCUT2D eigenvalue weighted by molar-refractivity contribution is 7.99. The van der Waals surface area contributed by atoms with E-state index >= 15 is 0 Å². The standard InChI is InChI=1S/C25H25N3S/c1-2-16-13-20(15-23(16)17-7-8-17)27-25-22-6-4-3-5-18(22)14-24(28-25)29-21-11-9-19(26)10-12-21/h3-6,9-17H,2,7-8,26H2,1H3,(H,27,28). The molecule has 5 rings (SSSR count). The summed E-state index contributed by atoms with van der Waals surface area (Å²) in [5, 5.41) is 6.96. The fourth-order valence-electron chi connectivity index (χ4n) is 4.03. The van der Waals surface area contributed by atoms with E-state index in [1.807, 2.05) is 24.3 Å². The van der Waals surface area contributed by atoms with E-state index in [2.05, 4.69) is 54.7 Å². The lowest BCUT2D eigenvalue weighted by Gasteiger charge is -2.11. The first-order valence-corrected chi connectivity index (χ1v) is 11.1. The van der Waals surface area contributed by atoms with Gasteiger partial charge >= 0.3 is 0 Å². The van der Waals surface area contributed by atoms with Gasteiger partial charge in [-0.3, -0.25) is 0 Å². The molecule has 2 aliphatic rings. The lowest BCUT2D eigenvalue weighted by molar-refractivity contribution is 0.689. The van der Waals surface area contributed by atoms with Crippen molar-refractivity contribution < 1.29 is 0 Å². The van der Waals surface area contributed by atoms with Gasteiger partial charge < -0.3 is 11.1 Å². The van der Waals surface area contributed by atoms with E-state index < -0.39 is 0 Å². The number of nitrogens with two attached hydrogens (primary N) is 1. The molecule has 1 unspecified atom stereocenters. The summed E-state index contributed by atoms with van der Waals surface area (Å²) in [5.41, 5.74) is 9.39. The molecule has 1 heterocycles. The number of hydrogen-bond acceptors (Lipinski definition) is 4. The number of nitrogens with one attached hydrogen (secondary N) is 1. The average molecular weight is 400 g/mol. The van der Waals surface area contributed by atoms with Gasteiger partial charge in [0.25, 0.3) is 0 Å². The summed E-state index contributed by atoms with van der Waals surface area (Å²) in [6.45, 7) is 2.28. The topological polar surface area (TPSA) is 50.9 Å². The monoisotopic (exact) mass is 399 g/mol. The molecule has 1 saturated carbocycles. The fourth-order valence-corrected chi connectivity index (χ4v) is 4.87. The molecule has 1 fully saturated rings. The molecule has 3 N–H and O–H groups in total. The second-order valence-corrected chi connectivity index (χ2v) is 8.98. The number of rotatable bonds is 6. The van der Waals surface area contributed by atoms with Gasteiger partial charge in [0.1, 0.15) is 10.8 Å². The van der Waals surface area contributed by atoms with E-state index in [1.54, 1.807) is 17.3 Å². The van der Waals surface area contributed by atoms with E-state index in [-0.39, 0.29) is 0 Å². The van der Waals surface area contributed by atoms with Crippen LogP contribution in [0.25, 0.3) is 10.8 Å². The van der Waals surface area contributed by atoms with Crippen molar-refractivity contribution in [3.05, 3.63) is 78.0 Å². The first-order chi connectivity index (χ1) is 14.2. The predicted octanol–water partition coefficient (Wildman–Crippen LogP) is 6.64.